The van der Waals surface area contributed by atoms with Crippen molar-refractivity contribution in [2.75, 3.05) is 4.90 Å². The number of carbonyl (C=O) groups is 3. The molecule has 0 aliphatic carbocycles. The molecule has 8 heteroatoms. The molecular formula is C23H17Cl2N3O3. The van der Waals surface area contributed by atoms with Crippen LogP contribution in [0, 0.1) is 13.8 Å². The van der Waals surface area contributed by atoms with Crippen molar-refractivity contribution < 1.29 is 14.4 Å². The number of para-hydroxylation sites is 1. The van der Waals surface area contributed by atoms with E-state index in [1.165, 1.54) is 24.3 Å². The Hall–Kier alpha value is -3.35. The van der Waals surface area contributed by atoms with Gasteiger partial charge in [0.2, 0.25) is 0 Å². The average molecular weight is 454 g/mol. The van der Waals surface area contributed by atoms with Crippen LogP contribution < -0.4 is 10.2 Å². The number of benzene rings is 2. The number of aryl methyl sites for hydroxylation is 1. The first-order chi connectivity index (χ1) is 14.8. The number of carbonyl (C=O) groups excluding carboxylic acids is 3. The zero-order valence-corrected chi connectivity index (χ0v) is 18.2. The van der Waals surface area contributed by atoms with Gasteiger partial charge >= 0.3 is 6.03 Å². The Bertz CT molecular complexity index is 1260. The number of imide groups is 2. The van der Waals surface area contributed by atoms with Crippen molar-refractivity contribution in [2.24, 2.45) is 0 Å². The van der Waals surface area contributed by atoms with Crippen LogP contribution in [0.2, 0.25) is 10.0 Å². The molecule has 1 aromatic heterocycles. The summed E-state index contributed by atoms with van der Waals surface area (Å²) in [7, 11) is 0. The van der Waals surface area contributed by atoms with Gasteiger partial charge in [-0.15, -0.1) is 0 Å². The van der Waals surface area contributed by atoms with Crippen molar-refractivity contribution in [1.29, 1.82) is 0 Å². The number of hydrogen-bond donors (Lipinski definition) is 1. The van der Waals surface area contributed by atoms with Crippen LogP contribution in [0.1, 0.15) is 17.0 Å². The average Bonchev–Trinajstić information content (AvgIpc) is 3.01. The molecule has 4 amide bonds. The van der Waals surface area contributed by atoms with E-state index in [2.05, 4.69) is 5.32 Å². The Labute approximate surface area is 188 Å². The number of nitrogens with zero attached hydrogens (tertiary/aromatic N) is 2. The Morgan fingerprint density at radius 3 is 2.26 bits per heavy atom. The lowest BCUT2D eigenvalue weighted by Gasteiger charge is -2.26. The van der Waals surface area contributed by atoms with Gasteiger partial charge in [-0.05, 0) is 61.9 Å². The summed E-state index contributed by atoms with van der Waals surface area (Å²) in [6, 6.07) is 15.1. The number of anilines is 1. The Morgan fingerprint density at radius 1 is 0.871 bits per heavy atom. The van der Waals surface area contributed by atoms with Gasteiger partial charge in [0.05, 0.1) is 15.7 Å². The number of rotatable bonds is 3. The van der Waals surface area contributed by atoms with Gasteiger partial charge < -0.3 is 4.57 Å². The fourth-order valence-electron chi connectivity index (χ4n) is 3.58. The maximum atomic E-state index is 13.1. The molecule has 1 aliphatic heterocycles. The smallest absolute Gasteiger partial charge is 0.318 e. The minimum Gasteiger partial charge on any atom is -0.318 e. The number of nitrogens with one attached hydrogen (secondary N) is 1. The molecule has 0 atom stereocenters. The maximum Gasteiger partial charge on any atom is 0.335 e. The van der Waals surface area contributed by atoms with Gasteiger partial charge in [-0.2, -0.15) is 0 Å². The van der Waals surface area contributed by atoms with E-state index in [1.54, 1.807) is 0 Å². The third-order valence-corrected chi connectivity index (χ3v) is 5.79. The standard InChI is InChI=1S/C23H17Cl2N3O3/c1-13-10-15(14(2)27(13)16-6-4-3-5-7-16)11-18-21(29)26-23(31)28(22(18)30)17-8-9-19(24)20(25)12-17/h3-12H,1-2H3,(H,26,29,31)/b18-11+. The SMILES string of the molecule is Cc1cc(/C=C2\C(=O)NC(=O)N(c3ccc(Cl)c(Cl)c3)C2=O)c(C)n1-c1ccccc1. The van der Waals surface area contributed by atoms with E-state index in [-0.39, 0.29) is 21.3 Å². The maximum absolute atomic E-state index is 13.1. The highest BCUT2D eigenvalue weighted by molar-refractivity contribution is 6.43. The van der Waals surface area contributed by atoms with E-state index in [0.29, 0.717) is 5.56 Å². The number of hydrogen-bond acceptors (Lipinski definition) is 3. The molecule has 0 unspecified atom stereocenters. The second-order valence-corrected chi connectivity index (χ2v) is 7.87. The summed E-state index contributed by atoms with van der Waals surface area (Å²) in [6.07, 6.45) is 1.50. The Morgan fingerprint density at radius 2 is 1.58 bits per heavy atom. The number of halogens is 2. The Kier molecular flexibility index (Phi) is 5.43. The Balaban J connectivity index is 1.77. The molecule has 4 rings (SSSR count). The molecule has 0 saturated carbocycles. The molecule has 2 heterocycles. The fraction of sp³-hybridized carbons (Fsp3) is 0.0870. The normalized spacial score (nSPS) is 15.5. The number of amides is 4. The highest BCUT2D eigenvalue weighted by Crippen LogP contribution is 2.30. The third kappa shape index (κ3) is 3.76. The van der Waals surface area contributed by atoms with E-state index in [9.17, 15) is 14.4 Å². The molecule has 0 radical (unpaired) electrons. The first-order valence-electron chi connectivity index (χ1n) is 9.39. The molecule has 1 N–H and O–H groups in total. The van der Waals surface area contributed by atoms with Crippen LogP contribution in [0.3, 0.4) is 0 Å². The molecular weight excluding hydrogens is 437 g/mol. The van der Waals surface area contributed by atoms with E-state index in [1.807, 2.05) is 54.8 Å². The van der Waals surface area contributed by atoms with Gasteiger partial charge in [-0.25, -0.2) is 9.69 Å². The van der Waals surface area contributed by atoms with Crippen LogP contribution in [-0.4, -0.2) is 22.4 Å². The molecule has 2 aromatic carbocycles. The van der Waals surface area contributed by atoms with Gasteiger partial charge in [0, 0.05) is 17.1 Å². The highest BCUT2D eigenvalue weighted by atomic mass is 35.5. The van der Waals surface area contributed by atoms with E-state index in [4.69, 9.17) is 23.2 Å². The van der Waals surface area contributed by atoms with E-state index in [0.717, 1.165) is 22.0 Å². The molecule has 0 spiro atoms. The zero-order chi connectivity index (χ0) is 22.3. The van der Waals surface area contributed by atoms with Crippen LogP contribution in [0.25, 0.3) is 11.8 Å². The topological polar surface area (TPSA) is 71.4 Å². The minimum atomic E-state index is -0.847. The second-order valence-electron chi connectivity index (χ2n) is 7.05. The van der Waals surface area contributed by atoms with Crippen molar-refractivity contribution >= 4 is 52.8 Å². The summed E-state index contributed by atoms with van der Waals surface area (Å²) in [5, 5.41) is 2.69. The predicted molar refractivity (Wildman–Crippen MR) is 121 cm³/mol. The molecule has 1 fully saturated rings. The van der Waals surface area contributed by atoms with Crippen molar-refractivity contribution in [3.05, 3.63) is 87.2 Å². The zero-order valence-electron chi connectivity index (χ0n) is 16.6. The summed E-state index contributed by atoms with van der Waals surface area (Å²) in [5.41, 5.74) is 3.52. The first-order valence-corrected chi connectivity index (χ1v) is 10.1. The third-order valence-electron chi connectivity index (χ3n) is 5.05. The van der Waals surface area contributed by atoms with Gasteiger partial charge in [0.1, 0.15) is 5.57 Å². The lowest BCUT2D eigenvalue weighted by atomic mass is 10.1. The molecule has 156 valence electrons. The van der Waals surface area contributed by atoms with Crippen molar-refractivity contribution in [3.8, 4) is 5.69 Å². The van der Waals surface area contributed by atoms with E-state index >= 15 is 0 Å². The number of urea groups is 1. The van der Waals surface area contributed by atoms with Gasteiger partial charge in [0.25, 0.3) is 11.8 Å². The molecule has 1 saturated heterocycles. The summed E-state index contributed by atoms with van der Waals surface area (Å²) in [4.78, 5) is 38.9. The van der Waals surface area contributed by atoms with Gasteiger partial charge in [-0.3, -0.25) is 14.9 Å². The monoisotopic (exact) mass is 453 g/mol. The van der Waals surface area contributed by atoms with Crippen LogP contribution >= 0.6 is 23.2 Å². The predicted octanol–water partition coefficient (Wildman–Crippen LogP) is 5.07. The van der Waals surface area contributed by atoms with Crippen LogP contribution in [0.4, 0.5) is 10.5 Å². The molecule has 0 bridgehead atoms. The van der Waals surface area contributed by atoms with Crippen molar-refractivity contribution in [1.82, 2.24) is 9.88 Å². The molecule has 1 aliphatic rings. The quantitative estimate of drug-likeness (QED) is 0.444. The summed E-state index contributed by atoms with van der Waals surface area (Å²) < 4.78 is 2.03. The first kappa shape index (κ1) is 20.9. The molecule has 6 nitrogen and oxygen atoms in total. The highest BCUT2D eigenvalue weighted by Gasteiger charge is 2.37. The summed E-state index contributed by atoms with van der Waals surface area (Å²) in [5.74, 6) is -1.49. The molecule has 3 aromatic rings. The second kappa shape index (κ2) is 8.06. The van der Waals surface area contributed by atoms with Crippen LogP contribution in [-0.2, 0) is 9.59 Å². The minimum absolute atomic E-state index is 0.154. The number of aromatic nitrogens is 1. The molecule has 31 heavy (non-hydrogen) atoms. The lowest BCUT2D eigenvalue weighted by molar-refractivity contribution is -0.122. The van der Waals surface area contributed by atoms with Crippen molar-refractivity contribution in [2.45, 2.75) is 13.8 Å². The summed E-state index contributed by atoms with van der Waals surface area (Å²) in [6.45, 7) is 3.84. The largest absolute Gasteiger partial charge is 0.335 e. The van der Waals surface area contributed by atoms with E-state index < -0.39 is 17.8 Å². The lowest BCUT2D eigenvalue weighted by Crippen LogP contribution is -2.54. The van der Waals surface area contributed by atoms with Crippen LogP contribution in [0.5, 0.6) is 0 Å². The van der Waals surface area contributed by atoms with Crippen molar-refractivity contribution in [3.63, 3.8) is 0 Å². The fourth-order valence-corrected chi connectivity index (χ4v) is 3.87. The van der Waals surface area contributed by atoms with Gasteiger partial charge in [0.15, 0.2) is 0 Å². The van der Waals surface area contributed by atoms with Crippen LogP contribution in [0.15, 0.2) is 60.2 Å². The summed E-state index contributed by atoms with van der Waals surface area (Å²) >= 11 is 12.0. The number of barbiturate groups is 1. The van der Waals surface area contributed by atoms with Gasteiger partial charge in [-0.1, -0.05) is 41.4 Å².